The Hall–Kier alpha value is -1.75. The molecule has 1 aromatic carbocycles. The molecule has 0 bridgehead atoms. The first-order valence-electron chi connectivity index (χ1n) is 6.42. The topological polar surface area (TPSA) is 77.1 Å². The predicted octanol–water partition coefficient (Wildman–Crippen LogP) is 2.22. The van der Waals surface area contributed by atoms with Crippen molar-refractivity contribution in [2.24, 2.45) is 16.8 Å². The average Bonchev–Trinajstić information content (AvgIpc) is 2.41. The molecule has 0 fully saturated rings. The Morgan fingerprint density at radius 3 is 2.79 bits per heavy atom. The summed E-state index contributed by atoms with van der Waals surface area (Å²) in [7, 11) is 0. The van der Waals surface area contributed by atoms with Crippen LogP contribution in [0.1, 0.15) is 25.8 Å². The van der Waals surface area contributed by atoms with Crippen LogP contribution in [0.3, 0.4) is 0 Å². The van der Waals surface area contributed by atoms with Crippen LogP contribution in [-0.2, 0) is 4.74 Å². The first-order chi connectivity index (χ1) is 9.13. The van der Waals surface area contributed by atoms with Crippen LogP contribution in [0.5, 0.6) is 5.75 Å². The largest absolute Gasteiger partial charge is 0.491 e. The van der Waals surface area contributed by atoms with Crippen LogP contribution in [0, 0.1) is 5.92 Å². The molecule has 19 heavy (non-hydrogen) atoms. The molecule has 0 aliphatic carbocycles. The van der Waals surface area contributed by atoms with Crippen molar-refractivity contribution in [2.75, 3.05) is 19.8 Å². The Kier molecular flexibility index (Phi) is 6.74. The Labute approximate surface area is 114 Å². The smallest absolute Gasteiger partial charge is 0.170 e. The molecule has 3 N–H and O–H groups in total. The molecule has 0 saturated heterocycles. The fourth-order valence-electron chi connectivity index (χ4n) is 1.44. The minimum Gasteiger partial charge on any atom is -0.491 e. The number of amidine groups is 1. The Morgan fingerprint density at radius 2 is 2.11 bits per heavy atom. The van der Waals surface area contributed by atoms with E-state index in [9.17, 15) is 0 Å². The lowest BCUT2D eigenvalue weighted by molar-refractivity contribution is 0.0926. The molecule has 0 amide bonds. The number of benzene rings is 1. The van der Waals surface area contributed by atoms with Gasteiger partial charge < -0.3 is 20.4 Å². The van der Waals surface area contributed by atoms with Crippen LogP contribution >= 0.6 is 0 Å². The summed E-state index contributed by atoms with van der Waals surface area (Å²) in [6, 6.07) is 7.09. The number of hydrogen-bond acceptors (Lipinski definition) is 4. The fraction of sp³-hybridized carbons (Fsp3) is 0.500. The summed E-state index contributed by atoms with van der Waals surface area (Å²) in [5.41, 5.74) is 6.13. The maximum atomic E-state index is 8.60. The number of rotatable bonds is 8. The van der Waals surface area contributed by atoms with Gasteiger partial charge in [0.05, 0.1) is 6.61 Å². The highest BCUT2D eigenvalue weighted by atomic mass is 16.5. The molecule has 0 saturated carbocycles. The molecule has 1 rings (SSSR count). The van der Waals surface area contributed by atoms with Crippen LogP contribution in [0.4, 0.5) is 0 Å². The number of oxime groups is 1. The van der Waals surface area contributed by atoms with E-state index >= 15 is 0 Å². The van der Waals surface area contributed by atoms with Crippen LogP contribution in [0.2, 0.25) is 0 Å². The van der Waals surface area contributed by atoms with Gasteiger partial charge in [-0.05, 0) is 24.5 Å². The molecular formula is C14H22N2O3. The van der Waals surface area contributed by atoms with Crippen LogP contribution < -0.4 is 10.5 Å². The minimum atomic E-state index is 0.0682. The highest BCUT2D eigenvalue weighted by molar-refractivity contribution is 5.97. The van der Waals surface area contributed by atoms with E-state index in [2.05, 4.69) is 19.0 Å². The van der Waals surface area contributed by atoms with Gasteiger partial charge in [0.25, 0.3) is 0 Å². The molecule has 0 radical (unpaired) electrons. The third-order valence-corrected chi connectivity index (χ3v) is 2.57. The van der Waals surface area contributed by atoms with Gasteiger partial charge in [-0.15, -0.1) is 0 Å². The lowest BCUT2D eigenvalue weighted by Crippen LogP contribution is -2.13. The highest BCUT2D eigenvalue weighted by Gasteiger charge is 2.01. The van der Waals surface area contributed by atoms with Crippen molar-refractivity contribution in [2.45, 2.75) is 20.3 Å². The van der Waals surface area contributed by atoms with Crippen LogP contribution in [0.15, 0.2) is 29.4 Å². The quantitative estimate of drug-likeness (QED) is 0.249. The molecule has 0 aromatic heterocycles. The van der Waals surface area contributed by atoms with Gasteiger partial charge in [-0.1, -0.05) is 31.1 Å². The SMILES string of the molecule is CC(C)CCOCCOc1cccc(/C(N)=N/O)c1. The van der Waals surface area contributed by atoms with E-state index in [4.69, 9.17) is 20.4 Å². The second-order valence-corrected chi connectivity index (χ2v) is 4.66. The van der Waals surface area contributed by atoms with E-state index < -0.39 is 0 Å². The van der Waals surface area contributed by atoms with Gasteiger partial charge in [0.1, 0.15) is 12.4 Å². The van der Waals surface area contributed by atoms with Gasteiger partial charge in [-0.2, -0.15) is 0 Å². The standard InChI is InChI=1S/C14H22N2O3/c1-11(2)6-7-18-8-9-19-13-5-3-4-12(10-13)14(15)16-17/h3-5,10-11,17H,6-9H2,1-2H3,(H2,15,16). The average molecular weight is 266 g/mol. The second-order valence-electron chi connectivity index (χ2n) is 4.66. The molecule has 106 valence electrons. The van der Waals surface area contributed by atoms with Crippen molar-refractivity contribution in [3.8, 4) is 5.75 Å². The van der Waals surface area contributed by atoms with Crippen molar-refractivity contribution in [1.82, 2.24) is 0 Å². The maximum absolute atomic E-state index is 8.60. The van der Waals surface area contributed by atoms with Gasteiger partial charge in [0.15, 0.2) is 5.84 Å². The van der Waals surface area contributed by atoms with E-state index in [1.165, 1.54) is 0 Å². The normalized spacial score (nSPS) is 11.8. The monoisotopic (exact) mass is 266 g/mol. The molecule has 0 unspecified atom stereocenters. The zero-order valence-electron chi connectivity index (χ0n) is 11.5. The lowest BCUT2D eigenvalue weighted by atomic mass is 10.1. The van der Waals surface area contributed by atoms with E-state index in [0.29, 0.717) is 30.4 Å². The van der Waals surface area contributed by atoms with Crippen LogP contribution in [0.25, 0.3) is 0 Å². The summed E-state index contributed by atoms with van der Waals surface area (Å²) < 4.78 is 11.0. The zero-order chi connectivity index (χ0) is 14.1. The van der Waals surface area contributed by atoms with Crippen molar-refractivity contribution in [3.63, 3.8) is 0 Å². The molecule has 5 nitrogen and oxygen atoms in total. The number of hydrogen-bond donors (Lipinski definition) is 2. The molecule has 0 spiro atoms. The summed E-state index contributed by atoms with van der Waals surface area (Å²) in [6.07, 6.45) is 1.05. The molecule has 0 aliphatic heterocycles. The minimum absolute atomic E-state index is 0.0682. The van der Waals surface area contributed by atoms with E-state index in [0.717, 1.165) is 13.0 Å². The van der Waals surface area contributed by atoms with E-state index in [1.807, 2.05) is 6.07 Å². The summed E-state index contributed by atoms with van der Waals surface area (Å²) >= 11 is 0. The third-order valence-electron chi connectivity index (χ3n) is 2.57. The molecule has 1 aromatic rings. The Balaban J connectivity index is 2.30. The number of nitrogens with two attached hydrogens (primary N) is 1. The number of ether oxygens (including phenoxy) is 2. The van der Waals surface area contributed by atoms with Crippen molar-refractivity contribution in [1.29, 1.82) is 0 Å². The van der Waals surface area contributed by atoms with Gasteiger partial charge in [-0.25, -0.2) is 0 Å². The summed E-state index contributed by atoms with van der Waals surface area (Å²) in [5.74, 6) is 1.40. The van der Waals surface area contributed by atoms with Gasteiger partial charge in [0.2, 0.25) is 0 Å². The lowest BCUT2D eigenvalue weighted by Gasteiger charge is -2.09. The molecule has 0 atom stereocenters. The van der Waals surface area contributed by atoms with Crippen molar-refractivity contribution in [3.05, 3.63) is 29.8 Å². The zero-order valence-corrected chi connectivity index (χ0v) is 11.5. The predicted molar refractivity (Wildman–Crippen MR) is 74.7 cm³/mol. The summed E-state index contributed by atoms with van der Waals surface area (Å²) in [6.45, 7) is 6.13. The Bertz CT molecular complexity index is 405. The van der Waals surface area contributed by atoms with E-state index in [1.54, 1.807) is 18.2 Å². The van der Waals surface area contributed by atoms with Crippen molar-refractivity contribution < 1.29 is 14.7 Å². The highest BCUT2D eigenvalue weighted by Crippen LogP contribution is 2.13. The Morgan fingerprint density at radius 1 is 1.32 bits per heavy atom. The fourth-order valence-corrected chi connectivity index (χ4v) is 1.44. The van der Waals surface area contributed by atoms with Crippen molar-refractivity contribution >= 4 is 5.84 Å². The van der Waals surface area contributed by atoms with Crippen LogP contribution in [-0.4, -0.2) is 30.9 Å². The van der Waals surface area contributed by atoms with Gasteiger partial charge in [0, 0.05) is 12.2 Å². The maximum Gasteiger partial charge on any atom is 0.170 e. The van der Waals surface area contributed by atoms with E-state index in [-0.39, 0.29) is 5.84 Å². The first kappa shape index (κ1) is 15.3. The number of nitrogens with zero attached hydrogens (tertiary/aromatic N) is 1. The molecule has 0 heterocycles. The van der Waals surface area contributed by atoms with Gasteiger partial charge >= 0.3 is 0 Å². The third kappa shape index (κ3) is 6.10. The molecule has 0 aliphatic rings. The molecular weight excluding hydrogens is 244 g/mol. The summed E-state index contributed by atoms with van der Waals surface area (Å²) in [4.78, 5) is 0. The molecule has 5 heteroatoms. The summed E-state index contributed by atoms with van der Waals surface area (Å²) in [5, 5.41) is 11.6. The second kappa shape index (κ2) is 8.37. The first-order valence-corrected chi connectivity index (χ1v) is 6.42. The van der Waals surface area contributed by atoms with Gasteiger partial charge in [-0.3, -0.25) is 0 Å².